The first-order chi connectivity index (χ1) is 7.91. The van der Waals surface area contributed by atoms with E-state index in [1.54, 1.807) is 0 Å². The Labute approximate surface area is 110 Å². The monoisotopic (exact) mass is 250 g/mol. The molecule has 1 rings (SSSR count). The number of nitrogens with two attached hydrogens (primary N) is 1. The van der Waals surface area contributed by atoms with E-state index in [-0.39, 0.29) is 0 Å². The summed E-state index contributed by atoms with van der Waals surface area (Å²) in [6, 6.07) is 6.16. The lowest BCUT2D eigenvalue weighted by Crippen LogP contribution is -2.19. The van der Waals surface area contributed by atoms with E-state index in [0.29, 0.717) is 16.8 Å². The van der Waals surface area contributed by atoms with E-state index in [0.717, 1.165) is 17.8 Å². The van der Waals surface area contributed by atoms with E-state index < -0.39 is 0 Å². The maximum atomic E-state index is 5.74. The molecule has 0 radical (unpaired) electrons. The summed E-state index contributed by atoms with van der Waals surface area (Å²) < 4.78 is 0. The van der Waals surface area contributed by atoms with E-state index >= 15 is 0 Å². The van der Waals surface area contributed by atoms with Gasteiger partial charge >= 0.3 is 0 Å². The highest BCUT2D eigenvalue weighted by Crippen LogP contribution is 2.19. The predicted octanol–water partition coefficient (Wildman–Crippen LogP) is 3.33. The predicted molar refractivity (Wildman–Crippen MR) is 79.6 cm³/mol. The number of rotatable bonds is 5. The van der Waals surface area contributed by atoms with Crippen molar-refractivity contribution in [3.05, 3.63) is 29.3 Å². The summed E-state index contributed by atoms with van der Waals surface area (Å²) >= 11 is 5.08. The number of hydrogen-bond acceptors (Lipinski definition) is 2. The van der Waals surface area contributed by atoms with Gasteiger partial charge in [-0.3, -0.25) is 0 Å². The van der Waals surface area contributed by atoms with Gasteiger partial charge in [0.2, 0.25) is 0 Å². The fourth-order valence-electron chi connectivity index (χ4n) is 1.52. The van der Waals surface area contributed by atoms with Crippen molar-refractivity contribution in [3.8, 4) is 0 Å². The Hall–Kier alpha value is -1.09. The molecule has 0 aliphatic heterocycles. The number of anilines is 1. The van der Waals surface area contributed by atoms with Crippen LogP contribution < -0.4 is 11.1 Å². The minimum absolute atomic E-state index is 0.452. The molecule has 3 N–H and O–H groups in total. The van der Waals surface area contributed by atoms with E-state index in [9.17, 15) is 0 Å². The summed E-state index contributed by atoms with van der Waals surface area (Å²) in [7, 11) is 0. The number of aryl methyl sites for hydroxylation is 1. The number of benzene rings is 1. The summed E-state index contributed by atoms with van der Waals surface area (Å²) in [5.41, 5.74) is 8.90. The van der Waals surface area contributed by atoms with Crippen LogP contribution in [0.25, 0.3) is 0 Å². The van der Waals surface area contributed by atoms with Crippen LogP contribution in [0.2, 0.25) is 0 Å². The normalized spacial score (nSPS) is 12.5. The molecule has 1 unspecified atom stereocenters. The summed E-state index contributed by atoms with van der Waals surface area (Å²) in [5.74, 6) is 1.29. The van der Waals surface area contributed by atoms with Gasteiger partial charge in [0.1, 0.15) is 4.99 Å². The van der Waals surface area contributed by atoms with Crippen LogP contribution in [-0.2, 0) is 0 Å². The Morgan fingerprint density at radius 3 is 2.53 bits per heavy atom. The van der Waals surface area contributed by atoms with Crippen molar-refractivity contribution < 1.29 is 0 Å². The SMILES string of the molecule is Cc1ccc(NCC(C)C(C)C)c(C(N)=S)c1. The molecule has 0 heterocycles. The Bertz CT molecular complexity index is 399. The van der Waals surface area contributed by atoms with Gasteiger partial charge in [-0.05, 0) is 30.9 Å². The van der Waals surface area contributed by atoms with Crippen molar-refractivity contribution in [1.82, 2.24) is 0 Å². The quantitative estimate of drug-likeness (QED) is 0.787. The summed E-state index contributed by atoms with van der Waals surface area (Å²) in [6.45, 7) is 9.69. The third-order valence-electron chi connectivity index (χ3n) is 3.19. The van der Waals surface area contributed by atoms with Crippen LogP contribution in [0.3, 0.4) is 0 Å². The first-order valence-corrected chi connectivity index (χ1v) is 6.47. The van der Waals surface area contributed by atoms with Gasteiger partial charge in [-0.15, -0.1) is 0 Å². The van der Waals surface area contributed by atoms with E-state index in [1.807, 2.05) is 13.0 Å². The number of thiocarbonyl (C=S) groups is 1. The molecular weight excluding hydrogens is 228 g/mol. The molecule has 0 aromatic heterocycles. The molecule has 0 aliphatic carbocycles. The van der Waals surface area contributed by atoms with Crippen molar-refractivity contribution in [2.24, 2.45) is 17.6 Å². The zero-order chi connectivity index (χ0) is 13.0. The van der Waals surface area contributed by atoms with Crippen LogP contribution in [0.4, 0.5) is 5.69 Å². The lowest BCUT2D eigenvalue weighted by molar-refractivity contribution is 0.440. The molecule has 0 amide bonds. The summed E-state index contributed by atoms with van der Waals surface area (Å²) in [4.78, 5) is 0.452. The molecule has 1 atom stereocenters. The molecule has 0 saturated heterocycles. The molecule has 2 nitrogen and oxygen atoms in total. The smallest absolute Gasteiger partial charge is 0.106 e. The van der Waals surface area contributed by atoms with E-state index in [1.165, 1.54) is 5.56 Å². The average molecular weight is 250 g/mol. The fraction of sp³-hybridized carbons (Fsp3) is 0.500. The fourth-order valence-corrected chi connectivity index (χ4v) is 1.69. The molecule has 0 spiro atoms. The molecule has 17 heavy (non-hydrogen) atoms. The molecule has 0 aliphatic rings. The van der Waals surface area contributed by atoms with Crippen LogP contribution in [0, 0.1) is 18.8 Å². The van der Waals surface area contributed by atoms with Crippen LogP contribution in [0.1, 0.15) is 31.9 Å². The van der Waals surface area contributed by atoms with Gasteiger partial charge in [-0.2, -0.15) is 0 Å². The van der Waals surface area contributed by atoms with Gasteiger partial charge in [0.15, 0.2) is 0 Å². The number of nitrogens with one attached hydrogen (secondary N) is 1. The minimum Gasteiger partial charge on any atom is -0.389 e. The van der Waals surface area contributed by atoms with Crippen LogP contribution in [0.5, 0.6) is 0 Å². The van der Waals surface area contributed by atoms with Crippen LogP contribution in [0.15, 0.2) is 18.2 Å². The van der Waals surface area contributed by atoms with E-state index in [4.69, 9.17) is 18.0 Å². The third-order valence-corrected chi connectivity index (χ3v) is 3.41. The van der Waals surface area contributed by atoms with Crippen LogP contribution in [-0.4, -0.2) is 11.5 Å². The summed E-state index contributed by atoms with van der Waals surface area (Å²) in [5, 5.41) is 3.44. The maximum absolute atomic E-state index is 5.74. The molecule has 0 saturated carbocycles. The zero-order valence-corrected chi connectivity index (χ0v) is 11.9. The van der Waals surface area contributed by atoms with Crippen molar-refractivity contribution in [3.63, 3.8) is 0 Å². The van der Waals surface area contributed by atoms with Crippen molar-refractivity contribution in [2.45, 2.75) is 27.7 Å². The highest BCUT2D eigenvalue weighted by Gasteiger charge is 2.09. The average Bonchev–Trinajstić information content (AvgIpc) is 2.26. The minimum atomic E-state index is 0.452. The Balaban J connectivity index is 2.80. The van der Waals surface area contributed by atoms with Gasteiger partial charge in [0.05, 0.1) is 0 Å². The lowest BCUT2D eigenvalue weighted by atomic mass is 9.98. The maximum Gasteiger partial charge on any atom is 0.106 e. The summed E-state index contributed by atoms with van der Waals surface area (Å²) in [6.07, 6.45) is 0. The molecule has 94 valence electrons. The van der Waals surface area contributed by atoms with Crippen molar-refractivity contribution in [2.75, 3.05) is 11.9 Å². The zero-order valence-electron chi connectivity index (χ0n) is 11.1. The van der Waals surface area contributed by atoms with Gasteiger partial charge in [-0.25, -0.2) is 0 Å². The topological polar surface area (TPSA) is 38.0 Å². The highest BCUT2D eigenvalue weighted by atomic mass is 32.1. The van der Waals surface area contributed by atoms with Crippen molar-refractivity contribution in [1.29, 1.82) is 0 Å². The second-order valence-corrected chi connectivity index (χ2v) is 5.46. The molecule has 3 heteroatoms. The van der Waals surface area contributed by atoms with E-state index in [2.05, 4.69) is 38.2 Å². The Morgan fingerprint density at radius 2 is 2.00 bits per heavy atom. The van der Waals surface area contributed by atoms with Gasteiger partial charge in [-0.1, -0.05) is 44.6 Å². The third kappa shape index (κ3) is 4.00. The lowest BCUT2D eigenvalue weighted by Gasteiger charge is -2.18. The Morgan fingerprint density at radius 1 is 1.35 bits per heavy atom. The molecule has 0 fully saturated rings. The van der Waals surface area contributed by atoms with Gasteiger partial charge in [0, 0.05) is 17.8 Å². The largest absolute Gasteiger partial charge is 0.389 e. The standard InChI is InChI=1S/C14H22N2S/c1-9(2)11(4)8-16-13-6-5-10(3)7-12(13)14(15)17/h5-7,9,11,16H,8H2,1-4H3,(H2,15,17). The molecule has 0 bridgehead atoms. The second-order valence-electron chi connectivity index (χ2n) is 5.02. The van der Waals surface area contributed by atoms with Gasteiger partial charge < -0.3 is 11.1 Å². The van der Waals surface area contributed by atoms with Crippen LogP contribution >= 0.6 is 12.2 Å². The molecule has 1 aromatic rings. The second kappa shape index (κ2) is 6.01. The first-order valence-electron chi connectivity index (χ1n) is 6.06. The molecule has 1 aromatic carbocycles. The van der Waals surface area contributed by atoms with Gasteiger partial charge in [0.25, 0.3) is 0 Å². The highest BCUT2D eigenvalue weighted by molar-refractivity contribution is 7.80. The number of hydrogen-bond donors (Lipinski definition) is 2. The van der Waals surface area contributed by atoms with Crippen molar-refractivity contribution >= 4 is 22.9 Å². The molecular formula is C14H22N2S. The first kappa shape index (κ1) is 14.0. The Kier molecular flexibility index (Phi) is 4.94.